The molecule has 0 fully saturated rings. The van der Waals surface area contributed by atoms with Gasteiger partial charge < -0.3 is 19.6 Å². The van der Waals surface area contributed by atoms with E-state index >= 15 is 0 Å². The van der Waals surface area contributed by atoms with E-state index in [1.807, 2.05) is 36.4 Å². The maximum atomic E-state index is 12.5. The Bertz CT molecular complexity index is 1270. The van der Waals surface area contributed by atoms with Gasteiger partial charge in [0.05, 0.1) is 0 Å². The van der Waals surface area contributed by atoms with Gasteiger partial charge in [0.2, 0.25) is 0 Å². The molecule has 0 spiro atoms. The van der Waals surface area contributed by atoms with Crippen LogP contribution in [0.3, 0.4) is 0 Å². The second kappa shape index (κ2) is 8.19. The zero-order valence-corrected chi connectivity index (χ0v) is 17.0. The summed E-state index contributed by atoms with van der Waals surface area (Å²) in [7, 11) is 0. The van der Waals surface area contributed by atoms with E-state index in [4.69, 9.17) is 9.15 Å². The fourth-order valence-electron chi connectivity index (χ4n) is 4.25. The van der Waals surface area contributed by atoms with Crippen LogP contribution in [0.4, 0.5) is 4.79 Å². The van der Waals surface area contributed by atoms with Crippen LogP contribution in [0.15, 0.2) is 77.5 Å². The number of hydrogen-bond donors (Lipinski definition) is 2. The number of carboxylic acid groups (broad SMARTS) is 1. The summed E-state index contributed by atoms with van der Waals surface area (Å²) >= 11 is 0. The van der Waals surface area contributed by atoms with Crippen LogP contribution in [0.2, 0.25) is 0 Å². The largest absolute Gasteiger partial charge is 0.480 e. The van der Waals surface area contributed by atoms with Crippen molar-refractivity contribution in [3.8, 4) is 11.1 Å². The molecule has 5 rings (SSSR count). The van der Waals surface area contributed by atoms with Crippen LogP contribution in [0.1, 0.15) is 22.6 Å². The van der Waals surface area contributed by atoms with Gasteiger partial charge >= 0.3 is 12.1 Å². The first-order chi connectivity index (χ1) is 15.6. The molecule has 7 nitrogen and oxygen atoms in total. The standard InChI is InChI=1S/C25H20N2O5/c28-24(29)22(12-15-9-10-23-21(11-15)26-14-32-23)27-25(30)31-13-20-18-7-3-1-5-16(18)17-6-2-4-8-19(17)20/h1-11,14,20,22H,12-13H2,(H,27,30)(H,28,29)/t22-/m0/s1. The summed E-state index contributed by atoms with van der Waals surface area (Å²) in [6.45, 7) is 0.122. The van der Waals surface area contributed by atoms with Crippen LogP contribution in [0.5, 0.6) is 0 Å². The molecule has 0 unspecified atom stereocenters. The lowest BCUT2D eigenvalue weighted by Crippen LogP contribution is -2.42. The first-order valence-electron chi connectivity index (χ1n) is 10.3. The van der Waals surface area contributed by atoms with Gasteiger partial charge in [-0.2, -0.15) is 0 Å². The number of aliphatic carboxylic acids is 1. The smallest absolute Gasteiger partial charge is 0.407 e. The minimum absolute atomic E-state index is 0.0917. The molecule has 0 bridgehead atoms. The third kappa shape index (κ3) is 3.69. The van der Waals surface area contributed by atoms with Crippen molar-refractivity contribution in [2.75, 3.05) is 6.61 Å². The molecule has 0 aliphatic heterocycles. The van der Waals surface area contributed by atoms with Gasteiger partial charge in [0, 0.05) is 12.3 Å². The second-order valence-electron chi connectivity index (χ2n) is 7.72. The number of carbonyl (C=O) groups excluding carboxylic acids is 1. The van der Waals surface area contributed by atoms with Crippen LogP contribution in [-0.4, -0.2) is 34.8 Å². The average molecular weight is 428 g/mol. The number of carbonyl (C=O) groups is 2. The van der Waals surface area contributed by atoms with Crippen LogP contribution < -0.4 is 5.32 Å². The minimum Gasteiger partial charge on any atom is -0.480 e. The molecule has 1 aromatic heterocycles. The van der Waals surface area contributed by atoms with Crippen molar-refractivity contribution in [3.63, 3.8) is 0 Å². The normalized spacial score (nSPS) is 13.4. The van der Waals surface area contributed by atoms with Crippen molar-refractivity contribution in [2.45, 2.75) is 18.4 Å². The molecule has 1 heterocycles. The molecule has 4 aromatic rings. The number of hydrogen-bond acceptors (Lipinski definition) is 5. The van der Waals surface area contributed by atoms with Gasteiger partial charge in [-0.3, -0.25) is 0 Å². The van der Waals surface area contributed by atoms with Gasteiger partial charge in [-0.05, 0) is 39.9 Å². The molecule has 0 saturated carbocycles. The second-order valence-corrected chi connectivity index (χ2v) is 7.72. The van der Waals surface area contributed by atoms with Gasteiger partial charge in [0.15, 0.2) is 12.0 Å². The van der Waals surface area contributed by atoms with Gasteiger partial charge in [0.1, 0.15) is 18.2 Å². The Balaban J connectivity index is 1.27. The summed E-state index contributed by atoms with van der Waals surface area (Å²) in [4.78, 5) is 28.3. The number of benzene rings is 3. The molecule has 2 N–H and O–H groups in total. The van der Waals surface area contributed by atoms with Crippen LogP contribution in [0.25, 0.3) is 22.2 Å². The number of amides is 1. The van der Waals surface area contributed by atoms with Gasteiger partial charge in [0.25, 0.3) is 0 Å². The highest BCUT2D eigenvalue weighted by Gasteiger charge is 2.29. The highest BCUT2D eigenvalue weighted by Crippen LogP contribution is 2.44. The zero-order valence-electron chi connectivity index (χ0n) is 17.0. The number of rotatable bonds is 6. The molecule has 32 heavy (non-hydrogen) atoms. The van der Waals surface area contributed by atoms with E-state index in [0.29, 0.717) is 11.1 Å². The molecule has 160 valence electrons. The van der Waals surface area contributed by atoms with Gasteiger partial charge in [-0.25, -0.2) is 14.6 Å². The average Bonchev–Trinajstić information content (AvgIpc) is 3.39. The van der Waals surface area contributed by atoms with Crippen LogP contribution in [0, 0.1) is 0 Å². The molecule has 3 aromatic carbocycles. The predicted molar refractivity (Wildman–Crippen MR) is 117 cm³/mol. The van der Waals surface area contributed by atoms with E-state index in [2.05, 4.69) is 22.4 Å². The number of carboxylic acids is 1. The lowest BCUT2D eigenvalue weighted by atomic mass is 9.98. The summed E-state index contributed by atoms with van der Waals surface area (Å²) in [6.07, 6.45) is 0.669. The number of nitrogens with zero attached hydrogens (tertiary/aromatic N) is 1. The lowest BCUT2D eigenvalue weighted by Gasteiger charge is -2.17. The van der Waals surface area contributed by atoms with E-state index in [9.17, 15) is 14.7 Å². The van der Waals surface area contributed by atoms with Crippen molar-refractivity contribution < 1.29 is 23.8 Å². The summed E-state index contributed by atoms with van der Waals surface area (Å²) in [5.41, 5.74) is 6.41. The topological polar surface area (TPSA) is 102 Å². The number of fused-ring (bicyclic) bond motifs is 4. The first-order valence-corrected chi connectivity index (χ1v) is 10.3. The highest BCUT2D eigenvalue weighted by atomic mass is 16.5. The van der Waals surface area contributed by atoms with Crippen LogP contribution >= 0.6 is 0 Å². The highest BCUT2D eigenvalue weighted by molar-refractivity contribution is 5.81. The molecular weight excluding hydrogens is 408 g/mol. The number of alkyl carbamates (subject to hydrolysis) is 1. The number of aromatic nitrogens is 1. The van der Waals surface area contributed by atoms with Crippen molar-refractivity contribution in [1.82, 2.24) is 10.3 Å². The van der Waals surface area contributed by atoms with Crippen molar-refractivity contribution in [2.24, 2.45) is 0 Å². The number of oxazole rings is 1. The van der Waals surface area contributed by atoms with Crippen molar-refractivity contribution >= 4 is 23.2 Å². The maximum Gasteiger partial charge on any atom is 0.407 e. The maximum absolute atomic E-state index is 12.5. The quantitative estimate of drug-likeness (QED) is 0.473. The molecule has 0 radical (unpaired) electrons. The molecule has 1 amide bonds. The fraction of sp³-hybridized carbons (Fsp3) is 0.160. The number of nitrogens with one attached hydrogen (secondary N) is 1. The number of ether oxygens (including phenoxy) is 1. The Morgan fingerprint density at radius 1 is 1.03 bits per heavy atom. The molecule has 1 aliphatic rings. The predicted octanol–water partition coefficient (Wildman–Crippen LogP) is 4.36. The Morgan fingerprint density at radius 3 is 2.41 bits per heavy atom. The van der Waals surface area contributed by atoms with E-state index in [1.165, 1.54) is 6.39 Å². The van der Waals surface area contributed by atoms with Gasteiger partial charge in [-0.15, -0.1) is 0 Å². The van der Waals surface area contributed by atoms with E-state index in [0.717, 1.165) is 27.8 Å². The summed E-state index contributed by atoms with van der Waals surface area (Å²) in [6, 6.07) is 20.2. The Labute approximate surface area is 183 Å². The third-order valence-electron chi connectivity index (χ3n) is 5.77. The SMILES string of the molecule is O=C(N[C@@H](Cc1ccc2ocnc2c1)C(=O)O)OCC1c2ccccc2-c2ccccc21. The van der Waals surface area contributed by atoms with Gasteiger partial charge in [-0.1, -0.05) is 54.6 Å². The Hall–Kier alpha value is -4.13. The van der Waals surface area contributed by atoms with Crippen molar-refractivity contribution in [1.29, 1.82) is 0 Å². The van der Waals surface area contributed by atoms with E-state index < -0.39 is 18.1 Å². The van der Waals surface area contributed by atoms with Crippen molar-refractivity contribution in [3.05, 3.63) is 89.8 Å². The Morgan fingerprint density at radius 2 is 1.72 bits per heavy atom. The molecular formula is C25H20N2O5. The van der Waals surface area contributed by atoms with E-state index in [-0.39, 0.29) is 18.9 Å². The molecule has 1 aliphatic carbocycles. The molecule has 0 saturated heterocycles. The first kappa shape index (κ1) is 19.8. The van der Waals surface area contributed by atoms with Crippen LogP contribution in [-0.2, 0) is 16.0 Å². The zero-order chi connectivity index (χ0) is 22.1. The molecule has 1 atom stereocenters. The monoisotopic (exact) mass is 428 g/mol. The summed E-state index contributed by atoms with van der Waals surface area (Å²) < 4.78 is 10.7. The minimum atomic E-state index is -1.14. The fourth-order valence-corrected chi connectivity index (χ4v) is 4.25. The summed E-state index contributed by atoms with van der Waals surface area (Å²) in [5.74, 6) is -1.23. The summed E-state index contributed by atoms with van der Waals surface area (Å²) in [5, 5.41) is 12.1. The third-order valence-corrected chi connectivity index (χ3v) is 5.77. The lowest BCUT2D eigenvalue weighted by molar-refractivity contribution is -0.139. The molecule has 7 heteroatoms. The Kier molecular flexibility index (Phi) is 5.07. The van der Waals surface area contributed by atoms with E-state index in [1.54, 1.807) is 18.2 Å².